The molecular weight excluding hydrogens is 364 g/mol. The lowest BCUT2D eigenvalue weighted by Crippen LogP contribution is -2.19. The van der Waals surface area contributed by atoms with Crippen LogP contribution in [0.1, 0.15) is 57.8 Å². The van der Waals surface area contributed by atoms with Crippen LogP contribution >= 0.6 is 0 Å². The van der Waals surface area contributed by atoms with Gasteiger partial charge in [0.25, 0.3) is 0 Å². The maximum atomic E-state index is 14.6. The smallest absolute Gasteiger partial charge is 0.490 e. The Morgan fingerprint density at radius 3 is 1.85 bits per heavy atom. The number of benzene rings is 1. The highest BCUT2D eigenvalue weighted by atomic mass is 19.4. The molecular formula is C20H26F4O3. The molecule has 0 aliphatic heterocycles. The quantitative estimate of drug-likeness (QED) is 0.466. The van der Waals surface area contributed by atoms with Crippen molar-refractivity contribution in [2.45, 2.75) is 64.1 Å². The molecule has 0 bridgehead atoms. The van der Waals surface area contributed by atoms with Crippen LogP contribution in [0.25, 0.3) is 0 Å². The van der Waals surface area contributed by atoms with Gasteiger partial charge in [0, 0.05) is 0 Å². The zero-order valence-corrected chi connectivity index (χ0v) is 15.3. The lowest BCUT2D eigenvalue weighted by molar-refractivity contribution is -0.276. The molecule has 0 heterocycles. The van der Waals surface area contributed by atoms with E-state index in [1.54, 1.807) is 0 Å². The predicted octanol–water partition coefficient (Wildman–Crippen LogP) is 6.25. The Bertz CT molecular complexity index is 608. The second kappa shape index (κ2) is 9.02. The van der Waals surface area contributed by atoms with E-state index in [0.717, 1.165) is 38.5 Å². The van der Waals surface area contributed by atoms with Crippen molar-refractivity contribution in [2.24, 2.45) is 11.8 Å². The van der Waals surface area contributed by atoms with Crippen molar-refractivity contribution >= 4 is 0 Å². The van der Waals surface area contributed by atoms with Gasteiger partial charge in [0.2, 0.25) is 11.6 Å². The standard InChI is InChI=1S/C20H26F4O3/c21-18-16(25-12-10-15-6-3-7-15)8-9-17(19(18)27-20(22,23)24)26-13-11-14-4-1-2-5-14/h8-9,14-15H,1-7,10-13H2. The van der Waals surface area contributed by atoms with Crippen molar-refractivity contribution in [3.8, 4) is 17.2 Å². The fraction of sp³-hybridized carbons (Fsp3) is 0.700. The number of halogens is 4. The first-order chi connectivity index (χ1) is 12.9. The van der Waals surface area contributed by atoms with Gasteiger partial charge in [-0.1, -0.05) is 44.9 Å². The van der Waals surface area contributed by atoms with Gasteiger partial charge in [0.15, 0.2) is 11.5 Å². The zero-order chi connectivity index (χ0) is 19.3. The fourth-order valence-corrected chi connectivity index (χ4v) is 3.71. The van der Waals surface area contributed by atoms with Crippen LogP contribution in [-0.2, 0) is 0 Å². The van der Waals surface area contributed by atoms with Crippen molar-refractivity contribution in [2.75, 3.05) is 13.2 Å². The summed E-state index contributed by atoms with van der Waals surface area (Å²) in [7, 11) is 0. The highest BCUT2D eigenvalue weighted by Gasteiger charge is 2.35. The predicted molar refractivity (Wildman–Crippen MR) is 92.6 cm³/mol. The third-order valence-electron chi connectivity index (χ3n) is 5.51. The summed E-state index contributed by atoms with van der Waals surface area (Å²) < 4.78 is 67.5. The van der Waals surface area contributed by atoms with E-state index in [0.29, 0.717) is 11.8 Å². The Balaban J connectivity index is 1.63. The van der Waals surface area contributed by atoms with Gasteiger partial charge in [-0.05, 0) is 36.8 Å². The fourth-order valence-electron chi connectivity index (χ4n) is 3.71. The Morgan fingerprint density at radius 1 is 0.815 bits per heavy atom. The van der Waals surface area contributed by atoms with Crippen LogP contribution in [0.15, 0.2) is 12.1 Å². The van der Waals surface area contributed by atoms with E-state index < -0.39 is 17.9 Å². The van der Waals surface area contributed by atoms with Gasteiger partial charge in [-0.2, -0.15) is 4.39 Å². The van der Waals surface area contributed by atoms with Gasteiger partial charge in [0.05, 0.1) is 13.2 Å². The molecule has 0 saturated heterocycles. The van der Waals surface area contributed by atoms with Crippen molar-refractivity contribution in [3.05, 3.63) is 17.9 Å². The van der Waals surface area contributed by atoms with E-state index in [9.17, 15) is 17.6 Å². The van der Waals surface area contributed by atoms with Crippen LogP contribution in [0.2, 0.25) is 0 Å². The van der Waals surface area contributed by atoms with Crippen LogP contribution in [0.4, 0.5) is 17.6 Å². The van der Waals surface area contributed by atoms with E-state index in [1.807, 2.05) is 0 Å². The maximum Gasteiger partial charge on any atom is 0.573 e. The molecule has 2 aliphatic carbocycles. The van der Waals surface area contributed by atoms with E-state index in [4.69, 9.17) is 9.47 Å². The van der Waals surface area contributed by atoms with Crippen molar-refractivity contribution in [1.29, 1.82) is 0 Å². The first-order valence-corrected chi connectivity index (χ1v) is 9.76. The monoisotopic (exact) mass is 390 g/mol. The molecule has 0 aromatic heterocycles. The minimum Gasteiger partial charge on any atom is -0.490 e. The second-order valence-electron chi connectivity index (χ2n) is 7.47. The lowest BCUT2D eigenvalue weighted by atomic mass is 9.83. The van der Waals surface area contributed by atoms with E-state index in [1.165, 1.54) is 31.4 Å². The van der Waals surface area contributed by atoms with Crippen molar-refractivity contribution < 1.29 is 31.8 Å². The molecule has 1 aromatic rings. The number of hydrogen-bond acceptors (Lipinski definition) is 3. The molecule has 3 rings (SSSR count). The van der Waals surface area contributed by atoms with Gasteiger partial charge in [0.1, 0.15) is 0 Å². The minimum absolute atomic E-state index is 0.236. The zero-order valence-electron chi connectivity index (χ0n) is 15.3. The molecule has 0 spiro atoms. The Hall–Kier alpha value is -1.66. The summed E-state index contributed by atoms with van der Waals surface area (Å²) in [5.41, 5.74) is 0. The van der Waals surface area contributed by atoms with Crippen LogP contribution in [0, 0.1) is 17.7 Å². The van der Waals surface area contributed by atoms with Gasteiger partial charge < -0.3 is 14.2 Å². The molecule has 0 N–H and O–H groups in total. The first kappa shape index (κ1) is 20.1. The van der Waals surface area contributed by atoms with Gasteiger partial charge in [-0.25, -0.2) is 0 Å². The molecule has 0 atom stereocenters. The third kappa shape index (κ3) is 5.91. The molecule has 0 unspecified atom stereocenters. The van der Waals surface area contributed by atoms with Crippen LogP contribution in [0.5, 0.6) is 17.2 Å². The highest BCUT2D eigenvalue weighted by Crippen LogP contribution is 2.40. The summed E-state index contributed by atoms with van der Waals surface area (Å²) in [5.74, 6) is -1.51. The molecule has 27 heavy (non-hydrogen) atoms. The summed E-state index contributed by atoms with van der Waals surface area (Å²) in [6.45, 7) is 0.509. The Morgan fingerprint density at radius 2 is 1.33 bits per heavy atom. The Kier molecular flexibility index (Phi) is 6.71. The summed E-state index contributed by atoms with van der Waals surface area (Å²) in [6.07, 6.45) is 4.52. The highest BCUT2D eigenvalue weighted by molar-refractivity contribution is 5.47. The number of ether oxygens (including phenoxy) is 3. The number of hydrogen-bond donors (Lipinski definition) is 0. The first-order valence-electron chi connectivity index (χ1n) is 9.76. The third-order valence-corrected chi connectivity index (χ3v) is 5.51. The van der Waals surface area contributed by atoms with Gasteiger partial charge in [-0.3, -0.25) is 0 Å². The molecule has 0 amide bonds. The van der Waals surface area contributed by atoms with E-state index in [2.05, 4.69) is 4.74 Å². The maximum absolute atomic E-state index is 14.6. The topological polar surface area (TPSA) is 27.7 Å². The average Bonchev–Trinajstić information content (AvgIpc) is 3.07. The van der Waals surface area contributed by atoms with Crippen molar-refractivity contribution in [1.82, 2.24) is 0 Å². The normalized spacial score (nSPS) is 18.4. The van der Waals surface area contributed by atoms with Gasteiger partial charge >= 0.3 is 6.36 Å². The average molecular weight is 390 g/mol. The van der Waals surface area contributed by atoms with Crippen molar-refractivity contribution in [3.63, 3.8) is 0 Å². The molecule has 7 heteroatoms. The lowest BCUT2D eigenvalue weighted by Gasteiger charge is -2.25. The Labute approximate surface area is 157 Å². The van der Waals surface area contributed by atoms with Crippen LogP contribution < -0.4 is 14.2 Å². The largest absolute Gasteiger partial charge is 0.573 e. The molecule has 2 aliphatic rings. The summed E-state index contributed by atoms with van der Waals surface area (Å²) in [5, 5.41) is 0. The molecule has 0 radical (unpaired) electrons. The SMILES string of the molecule is Fc1c(OCCC2CCC2)ccc(OCCC2CCCC2)c1OC(F)(F)F. The van der Waals surface area contributed by atoms with E-state index in [-0.39, 0.29) is 24.7 Å². The number of rotatable bonds is 9. The van der Waals surface area contributed by atoms with Gasteiger partial charge in [-0.15, -0.1) is 13.2 Å². The molecule has 2 saturated carbocycles. The molecule has 152 valence electrons. The van der Waals surface area contributed by atoms with Crippen LogP contribution in [-0.4, -0.2) is 19.6 Å². The summed E-state index contributed by atoms with van der Waals surface area (Å²) in [4.78, 5) is 0. The second-order valence-corrected chi connectivity index (χ2v) is 7.47. The number of alkyl halides is 3. The molecule has 2 fully saturated rings. The molecule has 3 nitrogen and oxygen atoms in total. The molecule has 1 aromatic carbocycles. The summed E-state index contributed by atoms with van der Waals surface area (Å²) in [6, 6.07) is 2.60. The minimum atomic E-state index is -5.01. The van der Waals surface area contributed by atoms with E-state index >= 15 is 0 Å². The summed E-state index contributed by atoms with van der Waals surface area (Å²) >= 11 is 0. The van der Waals surface area contributed by atoms with Crippen LogP contribution in [0.3, 0.4) is 0 Å².